The molecule has 0 amide bonds. The molecule has 8 heteroatoms. The lowest BCUT2D eigenvalue weighted by Gasteiger charge is -2.08. The molecule has 3 aromatic heterocycles. The van der Waals surface area contributed by atoms with Gasteiger partial charge in [0.05, 0.1) is 30.7 Å². The Bertz CT molecular complexity index is 1510. The molecule has 0 unspecified atom stereocenters. The number of pyridine rings is 1. The van der Waals surface area contributed by atoms with Crippen molar-refractivity contribution in [3.8, 4) is 22.9 Å². The van der Waals surface area contributed by atoms with Crippen molar-refractivity contribution in [1.82, 2.24) is 24.1 Å². The van der Waals surface area contributed by atoms with Crippen LogP contribution in [0, 0.1) is 0 Å². The molecular formula is C24H19N5O3. The summed E-state index contributed by atoms with van der Waals surface area (Å²) in [5.41, 5.74) is 2.40. The van der Waals surface area contributed by atoms with Gasteiger partial charge in [0.2, 0.25) is 0 Å². The summed E-state index contributed by atoms with van der Waals surface area (Å²) in [5.74, 6) is 2.34. The van der Waals surface area contributed by atoms with E-state index in [1.807, 2.05) is 54.6 Å². The SMILES string of the molecule is O=c1c2cnc3nc(-c4ccc5c(c4)OCCCO5)nn3c2ccn1Cc1ccccc1. The number of hydrogen-bond donors (Lipinski definition) is 0. The maximum atomic E-state index is 13.1. The summed E-state index contributed by atoms with van der Waals surface area (Å²) in [5, 5.41) is 5.13. The molecule has 32 heavy (non-hydrogen) atoms. The van der Waals surface area contributed by atoms with E-state index in [1.165, 1.54) is 0 Å². The van der Waals surface area contributed by atoms with E-state index in [0.29, 0.717) is 48.0 Å². The highest BCUT2D eigenvalue weighted by atomic mass is 16.5. The average molecular weight is 425 g/mol. The van der Waals surface area contributed by atoms with Gasteiger partial charge in [-0.3, -0.25) is 4.79 Å². The summed E-state index contributed by atoms with van der Waals surface area (Å²) in [7, 11) is 0. The lowest BCUT2D eigenvalue weighted by atomic mass is 10.2. The van der Waals surface area contributed by atoms with Crippen molar-refractivity contribution in [3.63, 3.8) is 0 Å². The van der Waals surface area contributed by atoms with Gasteiger partial charge in [0.1, 0.15) is 0 Å². The highest BCUT2D eigenvalue weighted by molar-refractivity contribution is 5.79. The summed E-state index contributed by atoms with van der Waals surface area (Å²) in [4.78, 5) is 22.0. The third kappa shape index (κ3) is 3.17. The van der Waals surface area contributed by atoms with Crippen LogP contribution in [0.1, 0.15) is 12.0 Å². The van der Waals surface area contributed by atoms with E-state index >= 15 is 0 Å². The first-order chi connectivity index (χ1) is 15.8. The zero-order valence-corrected chi connectivity index (χ0v) is 17.1. The summed E-state index contributed by atoms with van der Waals surface area (Å²) < 4.78 is 14.8. The molecule has 0 aliphatic carbocycles. The average Bonchev–Trinajstić information content (AvgIpc) is 3.13. The monoisotopic (exact) mass is 425 g/mol. The predicted molar refractivity (Wildman–Crippen MR) is 119 cm³/mol. The Morgan fingerprint density at radius 2 is 1.81 bits per heavy atom. The van der Waals surface area contributed by atoms with Crippen molar-refractivity contribution < 1.29 is 9.47 Å². The van der Waals surface area contributed by atoms with Crippen LogP contribution in [-0.2, 0) is 6.54 Å². The first kappa shape index (κ1) is 18.6. The van der Waals surface area contributed by atoms with Gasteiger partial charge in [-0.05, 0) is 29.8 Å². The van der Waals surface area contributed by atoms with Gasteiger partial charge in [0.25, 0.3) is 11.3 Å². The Hall–Kier alpha value is -4.20. The Morgan fingerprint density at radius 3 is 2.69 bits per heavy atom. The van der Waals surface area contributed by atoms with Crippen LogP contribution in [-0.4, -0.2) is 37.4 Å². The minimum absolute atomic E-state index is 0.117. The van der Waals surface area contributed by atoms with E-state index in [4.69, 9.17) is 9.47 Å². The molecule has 0 saturated carbocycles. The van der Waals surface area contributed by atoms with Gasteiger partial charge < -0.3 is 14.0 Å². The molecule has 0 N–H and O–H groups in total. The molecule has 0 bridgehead atoms. The molecule has 1 aliphatic rings. The van der Waals surface area contributed by atoms with Gasteiger partial charge in [-0.15, -0.1) is 5.10 Å². The molecule has 0 spiro atoms. The van der Waals surface area contributed by atoms with Crippen LogP contribution in [0.3, 0.4) is 0 Å². The lowest BCUT2D eigenvalue weighted by molar-refractivity contribution is 0.297. The van der Waals surface area contributed by atoms with Crippen LogP contribution in [0.5, 0.6) is 11.5 Å². The third-order valence-corrected chi connectivity index (χ3v) is 5.51. The van der Waals surface area contributed by atoms with Crippen molar-refractivity contribution in [3.05, 3.63) is 82.9 Å². The van der Waals surface area contributed by atoms with E-state index in [1.54, 1.807) is 21.5 Å². The Balaban J connectivity index is 1.42. The van der Waals surface area contributed by atoms with Gasteiger partial charge in [0.15, 0.2) is 17.3 Å². The molecule has 0 radical (unpaired) electrons. The van der Waals surface area contributed by atoms with Crippen LogP contribution >= 0.6 is 0 Å². The smallest absolute Gasteiger partial charge is 0.261 e. The predicted octanol–water partition coefficient (Wildman–Crippen LogP) is 3.32. The number of hydrogen-bond acceptors (Lipinski definition) is 6. The largest absolute Gasteiger partial charge is 0.490 e. The fraction of sp³-hybridized carbons (Fsp3) is 0.167. The first-order valence-corrected chi connectivity index (χ1v) is 10.5. The van der Waals surface area contributed by atoms with E-state index in [-0.39, 0.29) is 5.56 Å². The molecule has 0 saturated heterocycles. The van der Waals surface area contributed by atoms with Crippen LogP contribution in [0.2, 0.25) is 0 Å². The zero-order valence-electron chi connectivity index (χ0n) is 17.1. The van der Waals surface area contributed by atoms with Crippen LogP contribution in [0.4, 0.5) is 0 Å². The molecule has 1 aliphatic heterocycles. The molecule has 2 aromatic carbocycles. The van der Waals surface area contributed by atoms with E-state index in [2.05, 4.69) is 15.1 Å². The van der Waals surface area contributed by atoms with Gasteiger partial charge in [-0.1, -0.05) is 30.3 Å². The number of fused-ring (bicyclic) bond motifs is 4. The second-order valence-electron chi connectivity index (χ2n) is 7.65. The van der Waals surface area contributed by atoms with Crippen molar-refractivity contribution in [2.45, 2.75) is 13.0 Å². The van der Waals surface area contributed by atoms with Crippen LogP contribution in [0.25, 0.3) is 28.1 Å². The fourth-order valence-electron chi connectivity index (χ4n) is 3.89. The number of rotatable bonds is 3. The van der Waals surface area contributed by atoms with E-state index < -0.39 is 0 Å². The maximum Gasteiger partial charge on any atom is 0.261 e. The normalized spacial score (nSPS) is 13.4. The standard InChI is InChI=1S/C24H19N5O3/c30-23-18-14-25-24-26-22(17-7-8-20-21(13-17)32-12-4-11-31-20)27-29(24)19(18)9-10-28(23)15-16-5-2-1-3-6-16/h1-3,5-10,13-14H,4,11-12,15H2. The third-order valence-electron chi connectivity index (χ3n) is 5.51. The van der Waals surface area contributed by atoms with Crippen molar-refractivity contribution in [2.24, 2.45) is 0 Å². The first-order valence-electron chi connectivity index (χ1n) is 10.5. The molecule has 158 valence electrons. The van der Waals surface area contributed by atoms with Gasteiger partial charge in [-0.2, -0.15) is 9.50 Å². The Morgan fingerprint density at radius 1 is 0.969 bits per heavy atom. The summed E-state index contributed by atoms with van der Waals surface area (Å²) >= 11 is 0. The molecule has 0 atom stereocenters. The lowest BCUT2D eigenvalue weighted by Crippen LogP contribution is -2.21. The summed E-state index contributed by atoms with van der Waals surface area (Å²) in [6, 6.07) is 17.4. The summed E-state index contributed by atoms with van der Waals surface area (Å²) in [6.45, 7) is 1.74. The minimum atomic E-state index is -0.117. The number of benzene rings is 2. The Kier molecular flexibility index (Phi) is 4.34. The van der Waals surface area contributed by atoms with E-state index in [0.717, 1.165) is 23.3 Å². The highest BCUT2D eigenvalue weighted by Gasteiger charge is 2.16. The molecule has 4 heterocycles. The van der Waals surface area contributed by atoms with Gasteiger partial charge in [0, 0.05) is 24.4 Å². The summed E-state index contributed by atoms with van der Waals surface area (Å²) in [6.07, 6.45) is 4.20. The van der Waals surface area contributed by atoms with Gasteiger partial charge >= 0.3 is 0 Å². The second-order valence-corrected chi connectivity index (χ2v) is 7.65. The number of ether oxygens (including phenoxy) is 2. The number of aromatic nitrogens is 5. The molecule has 5 aromatic rings. The molecule has 0 fully saturated rings. The molecular weight excluding hydrogens is 406 g/mol. The van der Waals surface area contributed by atoms with Crippen molar-refractivity contribution >= 4 is 16.7 Å². The second kappa shape index (κ2) is 7.49. The van der Waals surface area contributed by atoms with Crippen LogP contribution < -0.4 is 15.0 Å². The van der Waals surface area contributed by atoms with Crippen LogP contribution in [0.15, 0.2) is 71.8 Å². The molecule has 6 rings (SSSR count). The van der Waals surface area contributed by atoms with Crippen molar-refractivity contribution in [1.29, 1.82) is 0 Å². The Labute approximate surface area is 182 Å². The molecule has 8 nitrogen and oxygen atoms in total. The van der Waals surface area contributed by atoms with E-state index in [9.17, 15) is 4.79 Å². The number of nitrogens with zero attached hydrogens (tertiary/aromatic N) is 5. The fourth-order valence-corrected chi connectivity index (χ4v) is 3.89. The van der Waals surface area contributed by atoms with Gasteiger partial charge in [-0.25, -0.2) is 4.98 Å². The quantitative estimate of drug-likeness (QED) is 0.441. The van der Waals surface area contributed by atoms with Crippen molar-refractivity contribution in [2.75, 3.05) is 13.2 Å². The topological polar surface area (TPSA) is 83.5 Å². The maximum absolute atomic E-state index is 13.1. The zero-order chi connectivity index (χ0) is 21.5. The minimum Gasteiger partial charge on any atom is -0.490 e. The highest BCUT2D eigenvalue weighted by Crippen LogP contribution is 2.33.